The van der Waals surface area contributed by atoms with Crippen molar-refractivity contribution in [1.82, 2.24) is 0 Å². The van der Waals surface area contributed by atoms with Gasteiger partial charge in [-0.15, -0.1) is 0 Å². The molecule has 0 aliphatic heterocycles. The van der Waals surface area contributed by atoms with Gasteiger partial charge in [0.1, 0.15) is 5.75 Å². The highest BCUT2D eigenvalue weighted by atomic mass is 79.9. The molecule has 0 saturated heterocycles. The molecular weight excluding hydrogens is 616 g/mol. The van der Waals surface area contributed by atoms with Gasteiger partial charge in [0, 0.05) is 24.7 Å². The Morgan fingerprint density at radius 3 is 2.07 bits per heavy atom. The zero-order chi connectivity index (χ0) is 28.4. The van der Waals surface area contributed by atoms with E-state index in [9.17, 15) is 4.79 Å². The fraction of sp³-hybridized carbons (Fsp3) is 0.529. The van der Waals surface area contributed by atoms with Gasteiger partial charge in [-0.25, -0.2) is 0 Å². The van der Waals surface area contributed by atoms with E-state index in [1.807, 2.05) is 35.2 Å². The van der Waals surface area contributed by atoms with Crippen LogP contribution in [0, 0.1) is 0 Å². The molecule has 1 aromatic heterocycles. The summed E-state index contributed by atoms with van der Waals surface area (Å²) in [5.74, 6) is 0.782. The first kappa shape index (κ1) is 35.3. The second kappa shape index (κ2) is 20.9. The zero-order valence-electron chi connectivity index (χ0n) is 25.0. The number of amides is 1. The van der Waals surface area contributed by atoms with Gasteiger partial charge < -0.3 is 26.6 Å². The summed E-state index contributed by atoms with van der Waals surface area (Å²) in [6, 6.07) is 14.2. The summed E-state index contributed by atoms with van der Waals surface area (Å²) in [7, 11) is 0. The molecule has 0 aliphatic rings. The van der Waals surface area contributed by atoms with Gasteiger partial charge in [0.15, 0.2) is 12.7 Å². The van der Waals surface area contributed by atoms with E-state index in [2.05, 4.69) is 40.7 Å². The Balaban J connectivity index is 0.00000588. The maximum Gasteiger partial charge on any atom is 0.224 e. The summed E-state index contributed by atoms with van der Waals surface area (Å²) in [6.07, 6.45) is 18.7. The number of carbonyl (C=O) groups excluding carboxylic acids is 1. The Bertz CT molecular complexity index is 1110. The fourth-order valence-electron chi connectivity index (χ4n) is 4.99. The maximum atomic E-state index is 12.5. The van der Waals surface area contributed by atoms with Gasteiger partial charge in [-0.2, -0.15) is 4.57 Å². The smallest absolute Gasteiger partial charge is 0.224 e. The molecule has 0 atom stereocenters. The number of hydrogen-bond acceptors (Lipinski definition) is 3. The van der Waals surface area contributed by atoms with Crippen molar-refractivity contribution in [3.8, 4) is 5.75 Å². The van der Waals surface area contributed by atoms with Crippen molar-refractivity contribution in [3.05, 3.63) is 75.7 Å². The van der Waals surface area contributed by atoms with Crippen LogP contribution in [0.15, 0.2) is 59.6 Å². The van der Waals surface area contributed by atoms with Gasteiger partial charge >= 0.3 is 0 Å². The predicted octanol–water partition coefficient (Wildman–Crippen LogP) is 6.42. The normalized spacial score (nSPS) is 10.8. The third-order valence-corrected chi connectivity index (χ3v) is 8.38. The van der Waals surface area contributed by atoms with Crippen LogP contribution in [0.2, 0.25) is 5.02 Å². The van der Waals surface area contributed by atoms with Crippen LogP contribution in [-0.4, -0.2) is 19.1 Å². The summed E-state index contributed by atoms with van der Waals surface area (Å²) in [5, 5.41) is 2.71. The van der Waals surface area contributed by atoms with Crippen molar-refractivity contribution >= 4 is 34.5 Å². The second-order valence-electron chi connectivity index (χ2n) is 10.8. The molecule has 4 nitrogen and oxygen atoms in total. The number of carbonyl (C=O) groups is 1. The van der Waals surface area contributed by atoms with E-state index < -0.39 is 0 Å². The highest BCUT2D eigenvalue weighted by Gasteiger charge is 2.13. The molecule has 2 aromatic carbocycles. The number of anilines is 1. The summed E-state index contributed by atoms with van der Waals surface area (Å²) in [5.41, 5.74) is 5.34. The quantitative estimate of drug-likeness (QED) is 0.103. The predicted molar refractivity (Wildman–Crippen MR) is 170 cm³/mol. The lowest BCUT2D eigenvalue weighted by Crippen LogP contribution is -3.00. The molecule has 1 heterocycles. The topological polar surface area (TPSA) is 33.4 Å². The largest absolute Gasteiger partial charge is 1.00 e. The SMILES string of the molecule is CCCCCCCCCCCCCCOc1cc(CCN(C(C)=O)c2ccc(C[n+]3ccsc3)cc2)ccc1Cl.[Br-]. The Kier molecular flexibility index (Phi) is 18.0. The van der Waals surface area contributed by atoms with E-state index >= 15 is 0 Å². The van der Waals surface area contributed by atoms with Crippen molar-refractivity contribution in [2.75, 3.05) is 18.1 Å². The van der Waals surface area contributed by atoms with Gasteiger partial charge in [0.2, 0.25) is 11.4 Å². The van der Waals surface area contributed by atoms with Crippen LogP contribution in [0.25, 0.3) is 0 Å². The standard InChI is InChI=1S/C34H48ClN2O2S.BrH/c1-3-4-5-6-7-8-9-10-11-12-13-14-24-39-34-26-30(17-20-33(34)35)21-22-37(29(2)38)32-18-15-31(16-19-32)27-36-23-25-40-28-36;/h15-20,23,25-26,28H,3-14,21-22,24,27H2,1-2H3;1H/q+1;/p-1. The molecular formula is C34H48BrClN2O2S. The van der Waals surface area contributed by atoms with E-state index in [1.165, 1.54) is 76.2 Å². The molecule has 1 amide bonds. The van der Waals surface area contributed by atoms with Gasteiger partial charge in [0.25, 0.3) is 0 Å². The van der Waals surface area contributed by atoms with Crippen LogP contribution in [0.1, 0.15) is 102 Å². The number of rotatable bonds is 20. The van der Waals surface area contributed by atoms with Crippen molar-refractivity contribution in [2.45, 2.75) is 104 Å². The molecule has 0 aliphatic carbocycles. The average molecular weight is 664 g/mol. The Hall–Kier alpha value is -1.89. The Labute approximate surface area is 267 Å². The third kappa shape index (κ3) is 13.8. The van der Waals surface area contributed by atoms with Crippen molar-refractivity contribution in [3.63, 3.8) is 0 Å². The lowest BCUT2D eigenvalue weighted by atomic mass is 10.1. The first-order chi connectivity index (χ1) is 19.6. The summed E-state index contributed by atoms with van der Waals surface area (Å²) in [6.45, 7) is 6.03. The van der Waals surface area contributed by atoms with Crippen LogP contribution in [0.4, 0.5) is 5.69 Å². The molecule has 7 heteroatoms. The van der Waals surface area contributed by atoms with E-state index in [-0.39, 0.29) is 22.9 Å². The minimum absolute atomic E-state index is 0. The summed E-state index contributed by atoms with van der Waals surface area (Å²) >= 11 is 8.11. The zero-order valence-corrected chi connectivity index (χ0v) is 28.1. The second-order valence-corrected chi connectivity index (χ2v) is 12.0. The first-order valence-electron chi connectivity index (χ1n) is 15.3. The monoisotopic (exact) mass is 662 g/mol. The summed E-state index contributed by atoms with van der Waals surface area (Å²) in [4.78, 5) is 14.3. The van der Waals surface area contributed by atoms with Crippen molar-refractivity contribution < 1.29 is 31.1 Å². The van der Waals surface area contributed by atoms with Crippen LogP contribution in [-0.2, 0) is 17.8 Å². The number of halogens is 2. The number of aromatic nitrogens is 1. The number of hydrogen-bond donors (Lipinski definition) is 0. The molecule has 0 spiro atoms. The highest BCUT2D eigenvalue weighted by Crippen LogP contribution is 2.27. The van der Waals surface area contributed by atoms with E-state index in [1.54, 1.807) is 18.3 Å². The number of unbranched alkanes of at least 4 members (excludes halogenated alkanes) is 11. The lowest BCUT2D eigenvalue weighted by Gasteiger charge is -2.21. The fourth-order valence-corrected chi connectivity index (χ4v) is 5.76. The molecule has 0 N–H and O–H groups in total. The molecule has 41 heavy (non-hydrogen) atoms. The van der Waals surface area contributed by atoms with Crippen LogP contribution in [0.3, 0.4) is 0 Å². The van der Waals surface area contributed by atoms with Crippen molar-refractivity contribution in [1.29, 1.82) is 0 Å². The van der Waals surface area contributed by atoms with Gasteiger partial charge in [-0.1, -0.05) is 119 Å². The lowest BCUT2D eigenvalue weighted by molar-refractivity contribution is -0.683. The maximum absolute atomic E-state index is 12.5. The Morgan fingerprint density at radius 2 is 1.49 bits per heavy atom. The molecule has 0 bridgehead atoms. The number of nitrogens with zero attached hydrogens (tertiary/aromatic N) is 2. The summed E-state index contributed by atoms with van der Waals surface area (Å²) < 4.78 is 8.20. The van der Waals surface area contributed by atoms with Gasteiger partial charge in [-0.05, 0) is 42.7 Å². The number of ether oxygens (including phenoxy) is 1. The van der Waals surface area contributed by atoms with Crippen molar-refractivity contribution in [2.24, 2.45) is 0 Å². The van der Waals surface area contributed by atoms with Crippen LogP contribution >= 0.6 is 22.9 Å². The first-order valence-corrected chi connectivity index (χ1v) is 16.6. The minimum Gasteiger partial charge on any atom is -1.00 e. The van der Waals surface area contributed by atoms with Crippen LogP contribution in [0.5, 0.6) is 5.75 Å². The van der Waals surface area contributed by atoms with E-state index in [0.717, 1.165) is 36.4 Å². The molecule has 0 radical (unpaired) electrons. The van der Waals surface area contributed by atoms with E-state index in [0.29, 0.717) is 18.2 Å². The molecule has 226 valence electrons. The van der Waals surface area contributed by atoms with Gasteiger partial charge in [-0.3, -0.25) is 4.79 Å². The Morgan fingerprint density at radius 1 is 0.878 bits per heavy atom. The molecule has 0 saturated carbocycles. The number of benzene rings is 2. The average Bonchev–Trinajstić information content (AvgIpc) is 3.46. The minimum atomic E-state index is 0. The molecule has 0 fully saturated rings. The van der Waals surface area contributed by atoms with Crippen LogP contribution < -0.4 is 31.2 Å². The third-order valence-electron chi connectivity index (χ3n) is 7.40. The van der Waals surface area contributed by atoms with E-state index in [4.69, 9.17) is 16.3 Å². The molecule has 0 unspecified atom stereocenters. The molecule has 3 aromatic rings. The highest BCUT2D eigenvalue weighted by molar-refractivity contribution is 7.07. The molecule has 3 rings (SSSR count). The number of thiazole rings is 1. The van der Waals surface area contributed by atoms with Gasteiger partial charge in [0.05, 0.1) is 17.0 Å².